The van der Waals surface area contributed by atoms with Gasteiger partial charge < -0.3 is 14.4 Å². The maximum absolute atomic E-state index is 12.2. The van der Waals surface area contributed by atoms with Crippen LogP contribution < -0.4 is 94.0 Å². The fraction of sp³-hybridized carbons (Fsp3) is 0.0667. The molecule has 0 bridgehead atoms. The quantitative estimate of drug-likeness (QED) is 0.0957. The molecule has 0 unspecified atom stereocenters. The van der Waals surface area contributed by atoms with Crippen LogP contribution in [-0.2, 0) is 20.2 Å². The Morgan fingerprint density at radius 3 is 2.02 bits per heavy atom. The van der Waals surface area contributed by atoms with E-state index in [0.29, 0.717) is 45.0 Å². The van der Waals surface area contributed by atoms with Crippen molar-refractivity contribution in [3.8, 4) is 0 Å². The number of aryl methyl sites for hydroxylation is 2. The minimum absolute atomic E-state index is 0. The van der Waals surface area contributed by atoms with Gasteiger partial charge in [-0.3, -0.25) is 0 Å². The van der Waals surface area contributed by atoms with E-state index in [9.17, 15) is 25.9 Å². The monoisotopic (exact) mass is 715 g/mol. The van der Waals surface area contributed by atoms with Gasteiger partial charge in [0.25, 0.3) is 0 Å². The Morgan fingerprint density at radius 2 is 1.38 bits per heavy atom. The second-order valence-corrected chi connectivity index (χ2v) is 12.6. The molecule has 5 aromatic carbocycles. The van der Waals surface area contributed by atoms with Gasteiger partial charge in [0.1, 0.15) is 20.2 Å². The molecule has 0 fully saturated rings. The molecule has 0 aromatic heterocycles. The van der Waals surface area contributed by atoms with Crippen LogP contribution in [0, 0.1) is 19.9 Å². The second-order valence-electron chi connectivity index (χ2n) is 9.54. The first kappa shape index (κ1) is 41.6. The first-order chi connectivity index (χ1) is 20.8. The summed E-state index contributed by atoms with van der Waals surface area (Å²) in [6.45, 7) is 3.38. The molecule has 11 nitrogen and oxygen atoms in total. The van der Waals surface area contributed by atoms with Crippen LogP contribution in [0.3, 0.4) is 0 Å². The first-order valence-electron chi connectivity index (χ1n) is 12.8. The molecule has 0 spiro atoms. The third-order valence-corrected chi connectivity index (χ3v) is 8.64. The van der Waals surface area contributed by atoms with E-state index >= 15 is 0 Å². The van der Waals surface area contributed by atoms with E-state index in [1.165, 1.54) is 18.2 Å². The minimum atomic E-state index is -4.85. The van der Waals surface area contributed by atoms with Crippen molar-refractivity contribution in [3.63, 3.8) is 0 Å². The summed E-state index contributed by atoms with van der Waals surface area (Å²) in [5.41, 5.74) is 3.47. The predicted octanol–water partition coefficient (Wildman–Crippen LogP) is -0.695. The van der Waals surface area contributed by atoms with Gasteiger partial charge in [-0.05, 0) is 76.6 Å². The van der Waals surface area contributed by atoms with Gasteiger partial charge in [-0.2, -0.15) is 39.1 Å². The number of nitrogens with one attached hydrogen (secondary N) is 1. The fourth-order valence-corrected chi connectivity index (χ4v) is 6.11. The Bertz CT molecular complexity index is 2210. The van der Waals surface area contributed by atoms with Crippen molar-refractivity contribution in [3.05, 3.63) is 107 Å². The smallest absolute Gasteiger partial charge is 0.746 e. The summed E-state index contributed by atoms with van der Waals surface area (Å²) in [5, 5.41) is 20.3. The molecule has 17 heteroatoms. The van der Waals surface area contributed by atoms with Gasteiger partial charge >= 0.3 is 88.7 Å². The van der Waals surface area contributed by atoms with Crippen molar-refractivity contribution < 1.29 is 115 Å². The Kier molecular flexibility index (Phi) is 15.4. The molecule has 0 amide bonds. The van der Waals surface area contributed by atoms with Crippen LogP contribution in [0.15, 0.2) is 115 Å². The molecule has 0 heterocycles. The molecule has 224 valence electrons. The van der Waals surface area contributed by atoms with Crippen molar-refractivity contribution in [1.29, 1.82) is 0 Å². The SMILES string of the molecule is Cc1cc(N=Nc2c(C)c[c-]c(S(=O)(=O)[O-])c2Cl)ccc1N=Nc1ccc(Nc2ccccc2)c2c(S(=O)(=O)[O-])cccc12.[Na+].[Na+].[Na+]. The molecule has 0 aliphatic rings. The minimum Gasteiger partial charge on any atom is -0.746 e. The van der Waals surface area contributed by atoms with E-state index in [-0.39, 0.29) is 110 Å². The first-order valence-corrected chi connectivity index (χ1v) is 16.0. The molecule has 0 radical (unpaired) electrons. The molecule has 0 aliphatic heterocycles. The summed E-state index contributed by atoms with van der Waals surface area (Å²) in [4.78, 5) is -1.09. The van der Waals surface area contributed by atoms with Crippen LogP contribution in [0.2, 0.25) is 5.02 Å². The van der Waals surface area contributed by atoms with Gasteiger partial charge in [-0.15, -0.1) is 10.7 Å². The zero-order valence-corrected chi connectivity index (χ0v) is 34.4. The summed E-state index contributed by atoms with van der Waals surface area (Å²) in [6.07, 6.45) is 0. The summed E-state index contributed by atoms with van der Waals surface area (Å²) < 4.78 is 70.8. The van der Waals surface area contributed by atoms with Crippen LogP contribution >= 0.6 is 11.6 Å². The number of hydrogen-bond acceptors (Lipinski definition) is 11. The van der Waals surface area contributed by atoms with E-state index in [1.807, 2.05) is 30.3 Å². The maximum Gasteiger partial charge on any atom is 1.00 e. The molecule has 5 rings (SSSR count). The molecular weight excluding hydrogens is 695 g/mol. The average molecular weight is 716 g/mol. The summed E-state index contributed by atoms with van der Waals surface area (Å²) in [6, 6.07) is 25.3. The number of fused-ring (bicyclic) bond motifs is 1. The maximum atomic E-state index is 12.2. The number of hydrogen-bond donors (Lipinski definition) is 1. The van der Waals surface area contributed by atoms with Crippen molar-refractivity contribution >= 4 is 76.7 Å². The Hall–Kier alpha value is -1.53. The summed E-state index contributed by atoms with van der Waals surface area (Å²) in [5.74, 6) is 0. The second kappa shape index (κ2) is 17.4. The van der Waals surface area contributed by atoms with Crippen LogP contribution in [0.25, 0.3) is 10.8 Å². The Morgan fingerprint density at radius 1 is 0.723 bits per heavy atom. The van der Waals surface area contributed by atoms with E-state index in [1.54, 1.807) is 50.2 Å². The Labute approximate surface area is 343 Å². The van der Waals surface area contributed by atoms with E-state index in [4.69, 9.17) is 11.6 Å². The van der Waals surface area contributed by atoms with Gasteiger partial charge in [-0.1, -0.05) is 37.3 Å². The molecule has 0 atom stereocenters. The van der Waals surface area contributed by atoms with Gasteiger partial charge in [0.2, 0.25) is 0 Å². The number of benzene rings is 5. The van der Waals surface area contributed by atoms with Gasteiger partial charge in [-0.25, -0.2) is 16.8 Å². The number of azo groups is 2. The predicted molar refractivity (Wildman–Crippen MR) is 164 cm³/mol. The van der Waals surface area contributed by atoms with Crippen molar-refractivity contribution in [1.82, 2.24) is 0 Å². The zero-order valence-electron chi connectivity index (χ0n) is 26.0. The molecule has 1 N–H and O–H groups in total. The number of nitrogens with zero attached hydrogens (tertiary/aromatic N) is 4. The van der Waals surface area contributed by atoms with E-state index < -0.39 is 25.1 Å². The zero-order chi connectivity index (χ0) is 31.6. The molecule has 0 saturated heterocycles. The fourth-order valence-electron chi connectivity index (χ4n) is 4.35. The third-order valence-electron chi connectivity index (χ3n) is 6.46. The van der Waals surface area contributed by atoms with Crippen molar-refractivity contribution in [2.45, 2.75) is 23.6 Å². The van der Waals surface area contributed by atoms with Crippen molar-refractivity contribution in [2.24, 2.45) is 20.5 Å². The normalized spacial score (nSPS) is 11.6. The van der Waals surface area contributed by atoms with E-state index in [2.05, 4.69) is 31.8 Å². The number of rotatable bonds is 8. The molecule has 0 aliphatic carbocycles. The molecule has 0 saturated carbocycles. The number of para-hydroxylation sites is 1. The average Bonchev–Trinajstić information content (AvgIpc) is 2.96. The van der Waals surface area contributed by atoms with Gasteiger partial charge in [0.05, 0.1) is 22.0 Å². The molecule has 47 heavy (non-hydrogen) atoms. The summed E-state index contributed by atoms with van der Waals surface area (Å²) >= 11 is 6.10. The molecular formula is C30H21ClN5Na3O6S2. The standard InChI is InChI=1S/C30H23ClN5O6S2.3Na/c1-18-11-16-27(44(40,41)42)29(31)30(18)36-33-21-12-13-23(19(2)17-21)34-35-24-14-15-25(32-20-7-4-3-5-8-20)28-22(24)9-6-10-26(28)43(37,38)39;;;/h3-15,17,32H,1-2H3,(H,37,38,39)(H,40,41,42);;;/q-1;3*+1/p-2. The van der Waals surface area contributed by atoms with Crippen LogP contribution in [0.4, 0.5) is 34.1 Å². The third kappa shape index (κ3) is 10.0. The Balaban J connectivity index is 0.00000256. The van der Waals surface area contributed by atoms with Gasteiger partial charge in [0.15, 0.2) is 0 Å². The van der Waals surface area contributed by atoms with Crippen LogP contribution in [0.1, 0.15) is 11.1 Å². The number of anilines is 2. The van der Waals surface area contributed by atoms with Crippen LogP contribution in [-0.4, -0.2) is 25.9 Å². The van der Waals surface area contributed by atoms with Gasteiger partial charge in [0, 0.05) is 22.1 Å². The van der Waals surface area contributed by atoms with Crippen molar-refractivity contribution in [2.75, 3.05) is 5.32 Å². The summed E-state index contributed by atoms with van der Waals surface area (Å²) in [7, 11) is -9.67. The topological polar surface area (TPSA) is 176 Å². The largest absolute Gasteiger partial charge is 1.00 e. The van der Waals surface area contributed by atoms with Crippen LogP contribution in [0.5, 0.6) is 0 Å². The number of halogens is 1. The van der Waals surface area contributed by atoms with E-state index in [0.717, 1.165) is 0 Å². The molecule has 5 aromatic rings.